The van der Waals surface area contributed by atoms with Crippen LogP contribution in [0.3, 0.4) is 0 Å². The molecule has 0 saturated carbocycles. The Morgan fingerprint density at radius 3 is 2.62 bits per heavy atom. The number of rotatable bonds is 2. The summed E-state index contributed by atoms with van der Waals surface area (Å²) in [5.74, 6) is -0.207. The van der Waals surface area contributed by atoms with Crippen molar-refractivity contribution in [2.24, 2.45) is 0 Å². The zero-order chi connectivity index (χ0) is 10.1. The van der Waals surface area contributed by atoms with Crippen LogP contribution in [0.4, 0.5) is 0 Å². The van der Waals surface area contributed by atoms with Crippen LogP contribution in [0.5, 0.6) is 0 Å². The SMILES string of the molecule is CN(C(=O)C(C)(C)O)[C@@H]1CCNC1. The minimum absolute atomic E-state index is 0.207. The maximum absolute atomic E-state index is 11.6. The van der Waals surface area contributed by atoms with Gasteiger partial charge in [0.1, 0.15) is 5.60 Å². The average molecular weight is 186 g/mol. The molecule has 0 bridgehead atoms. The molecule has 1 rings (SSSR count). The zero-order valence-corrected chi connectivity index (χ0v) is 8.50. The third-order valence-corrected chi connectivity index (χ3v) is 2.43. The normalized spacial score (nSPS) is 23.2. The summed E-state index contributed by atoms with van der Waals surface area (Å²) in [5, 5.41) is 12.7. The van der Waals surface area contributed by atoms with Crippen molar-refractivity contribution in [2.75, 3.05) is 20.1 Å². The molecule has 0 aliphatic carbocycles. The van der Waals surface area contributed by atoms with E-state index in [9.17, 15) is 9.90 Å². The number of likely N-dealkylation sites (N-methyl/N-ethyl adjacent to an activating group) is 1. The van der Waals surface area contributed by atoms with Crippen LogP contribution in [0, 0.1) is 0 Å². The van der Waals surface area contributed by atoms with E-state index in [1.54, 1.807) is 11.9 Å². The second kappa shape index (κ2) is 3.64. The van der Waals surface area contributed by atoms with Gasteiger partial charge in [-0.05, 0) is 26.8 Å². The van der Waals surface area contributed by atoms with E-state index >= 15 is 0 Å². The van der Waals surface area contributed by atoms with Crippen LogP contribution in [-0.4, -0.2) is 47.7 Å². The van der Waals surface area contributed by atoms with Crippen LogP contribution in [0.15, 0.2) is 0 Å². The molecule has 0 unspecified atom stereocenters. The van der Waals surface area contributed by atoms with Gasteiger partial charge in [-0.1, -0.05) is 0 Å². The highest BCUT2D eigenvalue weighted by Crippen LogP contribution is 2.12. The maximum atomic E-state index is 11.6. The van der Waals surface area contributed by atoms with E-state index in [1.807, 2.05) is 0 Å². The molecule has 4 nitrogen and oxygen atoms in total. The topological polar surface area (TPSA) is 52.6 Å². The number of aliphatic hydroxyl groups is 1. The molecule has 2 N–H and O–H groups in total. The number of hydrogen-bond acceptors (Lipinski definition) is 3. The molecule has 1 aliphatic rings. The zero-order valence-electron chi connectivity index (χ0n) is 8.50. The molecule has 4 heteroatoms. The van der Waals surface area contributed by atoms with Crippen molar-refractivity contribution >= 4 is 5.91 Å². The Morgan fingerprint density at radius 1 is 1.62 bits per heavy atom. The fraction of sp³-hybridized carbons (Fsp3) is 0.889. The van der Waals surface area contributed by atoms with Crippen LogP contribution < -0.4 is 5.32 Å². The van der Waals surface area contributed by atoms with E-state index in [1.165, 1.54) is 13.8 Å². The first kappa shape index (κ1) is 10.5. The molecule has 1 atom stereocenters. The number of nitrogens with zero attached hydrogens (tertiary/aromatic N) is 1. The Hall–Kier alpha value is -0.610. The first-order valence-electron chi connectivity index (χ1n) is 4.63. The summed E-state index contributed by atoms with van der Waals surface area (Å²) >= 11 is 0. The smallest absolute Gasteiger partial charge is 0.253 e. The number of hydrogen-bond donors (Lipinski definition) is 2. The van der Waals surface area contributed by atoms with Crippen molar-refractivity contribution in [3.63, 3.8) is 0 Å². The van der Waals surface area contributed by atoms with Crippen molar-refractivity contribution in [3.05, 3.63) is 0 Å². The van der Waals surface area contributed by atoms with Crippen molar-refractivity contribution in [3.8, 4) is 0 Å². The Bertz CT molecular complexity index is 192. The molecule has 0 aromatic heterocycles. The molecule has 1 saturated heterocycles. The summed E-state index contributed by atoms with van der Waals surface area (Å²) in [7, 11) is 1.75. The number of carbonyl (C=O) groups excluding carboxylic acids is 1. The Kier molecular flexibility index (Phi) is 2.93. The monoisotopic (exact) mass is 186 g/mol. The molecule has 0 radical (unpaired) electrons. The van der Waals surface area contributed by atoms with Crippen LogP contribution in [0.1, 0.15) is 20.3 Å². The molecule has 13 heavy (non-hydrogen) atoms. The van der Waals surface area contributed by atoms with Gasteiger partial charge in [0, 0.05) is 19.6 Å². The molecule has 1 amide bonds. The summed E-state index contributed by atoms with van der Waals surface area (Å²) in [6, 6.07) is 0.235. The van der Waals surface area contributed by atoms with E-state index < -0.39 is 5.60 Å². The van der Waals surface area contributed by atoms with Crippen molar-refractivity contribution < 1.29 is 9.90 Å². The van der Waals surface area contributed by atoms with Gasteiger partial charge in [-0.15, -0.1) is 0 Å². The lowest BCUT2D eigenvalue weighted by Gasteiger charge is -2.29. The largest absolute Gasteiger partial charge is 0.381 e. The summed E-state index contributed by atoms with van der Waals surface area (Å²) in [5.41, 5.74) is -1.25. The minimum atomic E-state index is -1.25. The highest BCUT2D eigenvalue weighted by Gasteiger charge is 2.32. The second-order valence-corrected chi connectivity index (χ2v) is 4.12. The van der Waals surface area contributed by atoms with E-state index in [4.69, 9.17) is 0 Å². The maximum Gasteiger partial charge on any atom is 0.253 e. The third-order valence-electron chi connectivity index (χ3n) is 2.43. The summed E-state index contributed by atoms with van der Waals surface area (Å²) in [4.78, 5) is 13.2. The predicted octanol–water partition coefficient (Wildman–Crippen LogP) is -0.422. The minimum Gasteiger partial charge on any atom is -0.381 e. The second-order valence-electron chi connectivity index (χ2n) is 4.12. The summed E-state index contributed by atoms with van der Waals surface area (Å²) in [6.07, 6.45) is 0.971. The lowest BCUT2D eigenvalue weighted by molar-refractivity contribution is -0.148. The first-order valence-corrected chi connectivity index (χ1v) is 4.63. The molecule has 1 fully saturated rings. The first-order chi connectivity index (χ1) is 5.93. The lowest BCUT2D eigenvalue weighted by Crippen LogP contribution is -2.48. The Labute approximate surface area is 78.9 Å². The molecule has 0 spiro atoms. The standard InChI is InChI=1S/C9H18N2O2/c1-9(2,13)8(12)11(3)7-4-5-10-6-7/h7,10,13H,4-6H2,1-3H3/t7-/m1/s1. The van der Waals surface area contributed by atoms with E-state index in [-0.39, 0.29) is 11.9 Å². The number of carbonyl (C=O) groups is 1. The van der Waals surface area contributed by atoms with Gasteiger partial charge in [0.15, 0.2) is 0 Å². The molecule has 0 aromatic carbocycles. The predicted molar refractivity (Wildman–Crippen MR) is 50.3 cm³/mol. The Balaban J connectivity index is 2.56. The number of amides is 1. The van der Waals surface area contributed by atoms with Crippen molar-refractivity contribution in [2.45, 2.75) is 31.9 Å². The van der Waals surface area contributed by atoms with Crippen LogP contribution in [-0.2, 0) is 4.79 Å². The van der Waals surface area contributed by atoms with E-state index in [0.717, 1.165) is 19.5 Å². The summed E-state index contributed by atoms with van der Waals surface area (Å²) in [6.45, 7) is 4.83. The highest BCUT2D eigenvalue weighted by molar-refractivity contribution is 5.84. The molecule has 1 aliphatic heterocycles. The Morgan fingerprint density at radius 2 is 2.23 bits per heavy atom. The van der Waals surface area contributed by atoms with Gasteiger partial charge in [-0.3, -0.25) is 4.79 Å². The van der Waals surface area contributed by atoms with Crippen LogP contribution >= 0.6 is 0 Å². The van der Waals surface area contributed by atoms with E-state index in [0.29, 0.717) is 0 Å². The van der Waals surface area contributed by atoms with Gasteiger partial charge < -0.3 is 15.3 Å². The highest BCUT2D eigenvalue weighted by atomic mass is 16.3. The molecular weight excluding hydrogens is 168 g/mol. The molecule has 1 heterocycles. The van der Waals surface area contributed by atoms with Crippen LogP contribution in [0.2, 0.25) is 0 Å². The van der Waals surface area contributed by atoms with Gasteiger partial charge in [-0.25, -0.2) is 0 Å². The molecular formula is C9H18N2O2. The molecule has 76 valence electrons. The van der Waals surface area contributed by atoms with Crippen LogP contribution in [0.25, 0.3) is 0 Å². The quantitative estimate of drug-likeness (QED) is 0.615. The van der Waals surface area contributed by atoms with Gasteiger partial charge >= 0.3 is 0 Å². The van der Waals surface area contributed by atoms with E-state index in [2.05, 4.69) is 5.32 Å². The fourth-order valence-electron chi connectivity index (χ4n) is 1.57. The van der Waals surface area contributed by atoms with Gasteiger partial charge in [0.2, 0.25) is 0 Å². The van der Waals surface area contributed by atoms with Gasteiger partial charge in [0.05, 0.1) is 0 Å². The summed E-state index contributed by atoms with van der Waals surface area (Å²) < 4.78 is 0. The van der Waals surface area contributed by atoms with Crippen molar-refractivity contribution in [1.29, 1.82) is 0 Å². The third kappa shape index (κ3) is 2.42. The number of nitrogens with one attached hydrogen (secondary N) is 1. The molecule has 0 aromatic rings. The van der Waals surface area contributed by atoms with Crippen molar-refractivity contribution in [1.82, 2.24) is 10.2 Å². The average Bonchev–Trinajstić information content (AvgIpc) is 2.51. The van der Waals surface area contributed by atoms with Gasteiger partial charge in [0.25, 0.3) is 5.91 Å². The van der Waals surface area contributed by atoms with Gasteiger partial charge in [-0.2, -0.15) is 0 Å². The lowest BCUT2D eigenvalue weighted by atomic mass is 10.1. The fourth-order valence-corrected chi connectivity index (χ4v) is 1.57.